The first-order valence-corrected chi connectivity index (χ1v) is 8.10. The lowest BCUT2D eigenvalue weighted by Crippen LogP contribution is -1.92. The largest absolute Gasteiger partial charge is 0.456 e. The van der Waals surface area contributed by atoms with Crippen LogP contribution < -0.4 is 4.74 Å². The van der Waals surface area contributed by atoms with Gasteiger partial charge in [-0.3, -0.25) is 0 Å². The molecule has 4 heteroatoms. The van der Waals surface area contributed by atoms with Gasteiger partial charge < -0.3 is 4.74 Å². The number of halogens is 1. The zero-order valence-electron chi connectivity index (χ0n) is 11.5. The third kappa shape index (κ3) is 3.00. The maximum Gasteiger partial charge on any atom is 0.146 e. The van der Waals surface area contributed by atoms with Crippen LogP contribution in [0.2, 0.25) is 0 Å². The fourth-order valence-electron chi connectivity index (χ4n) is 1.97. The van der Waals surface area contributed by atoms with Crippen LogP contribution in [0.3, 0.4) is 0 Å². The van der Waals surface area contributed by atoms with Gasteiger partial charge in [0, 0.05) is 9.37 Å². The summed E-state index contributed by atoms with van der Waals surface area (Å²) in [5.41, 5.74) is 2.80. The van der Waals surface area contributed by atoms with Gasteiger partial charge in [0.15, 0.2) is 0 Å². The van der Waals surface area contributed by atoms with E-state index in [1.54, 1.807) is 11.8 Å². The summed E-state index contributed by atoms with van der Waals surface area (Å²) in [6.07, 6.45) is 1.95. The molecule has 0 atom stereocenters. The second kappa shape index (κ2) is 6.34. The Hall–Kier alpha value is -1.44. The molecule has 102 valence electrons. The van der Waals surface area contributed by atoms with Crippen molar-refractivity contribution in [2.24, 2.45) is 0 Å². The SMILES string of the molecule is CSc1cccc(Oc2cc(C)c(Br)c(C)c2)c1C#N. The Labute approximate surface area is 131 Å². The Morgan fingerprint density at radius 2 is 1.85 bits per heavy atom. The van der Waals surface area contributed by atoms with Gasteiger partial charge in [0.1, 0.15) is 23.1 Å². The molecule has 2 rings (SSSR count). The zero-order chi connectivity index (χ0) is 14.7. The van der Waals surface area contributed by atoms with E-state index in [0.29, 0.717) is 11.3 Å². The minimum Gasteiger partial charge on any atom is -0.456 e. The molecule has 0 amide bonds. The number of hydrogen-bond donors (Lipinski definition) is 0. The number of ether oxygens (including phenoxy) is 1. The molecular formula is C16H14BrNOS. The van der Waals surface area contributed by atoms with E-state index in [1.165, 1.54) is 0 Å². The number of benzene rings is 2. The summed E-state index contributed by atoms with van der Waals surface area (Å²) >= 11 is 5.08. The summed E-state index contributed by atoms with van der Waals surface area (Å²) < 4.78 is 6.99. The molecule has 2 nitrogen and oxygen atoms in total. The van der Waals surface area contributed by atoms with E-state index >= 15 is 0 Å². The van der Waals surface area contributed by atoms with Gasteiger partial charge in [0.2, 0.25) is 0 Å². The van der Waals surface area contributed by atoms with Crippen molar-refractivity contribution in [1.29, 1.82) is 5.26 Å². The quantitative estimate of drug-likeness (QED) is 0.692. The second-order valence-electron chi connectivity index (χ2n) is 4.42. The molecular weight excluding hydrogens is 334 g/mol. The molecule has 0 heterocycles. The van der Waals surface area contributed by atoms with Gasteiger partial charge in [-0.2, -0.15) is 5.26 Å². The van der Waals surface area contributed by atoms with E-state index < -0.39 is 0 Å². The van der Waals surface area contributed by atoms with Crippen molar-refractivity contribution in [3.8, 4) is 17.6 Å². The van der Waals surface area contributed by atoms with Crippen LogP contribution in [0.5, 0.6) is 11.5 Å². The molecule has 2 aromatic carbocycles. The van der Waals surface area contributed by atoms with Crippen molar-refractivity contribution >= 4 is 27.7 Å². The first kappa shape index (κ1) is 15.0. The number of thioether (sulfide) groups is 1. The topological polar surface area (TPSA) is 33.0 Å². The normalized spacial score (nSPS) is 10.2. The van der Waals surface area contributed by atoms with Crippen LogP contribution in [0.4, 0.5) is 0 Å². The van der Waals surface area contributed by atoms with Gasteiger partial charge in [-0.15, -0.1) is 11.8 Å². The van der Waals surface area contributed by atoms with Gasteiger partial charge in [0.05, 0.1) is 0 Å². The van der Waals surface area contributed by atoms with E-state index in [0.717, 1.165) is 26.2 Å². The number of aryl methyl sites for hydroxylation is 2. The van der Waals surface area contributed by atoms with Crippen molar-refractivity contribution in [2.75, 3.05) is 6.26 Å². The average molecular weight is 348 g/mol. The van der Waals surface area contributed by atoms with E-state index in [4.69, 9.17) is 4.74 Å². The first-order valence-electron chi connectivity index (χ1n) is 6.08. The molecule has 0 bridgehead atoms. The maximum atomic E-state index is 9.31. The molecule has 20 heavy (non-hydrogen) atoms. The zero-order valence-corrected chi connectivity index (χ0v) is 13.9. The van der Waals surface area contributed by atoms with Gasteiger partial charge in [-0.05, 0) is 55.5 Å². The van der Waals surface area contributed by atoms with Crippen LogP contribution in [0.15, 0.2) is 39.7 Å². The summed E-state index contributed by atoms with van der Waals surface area (Å²) in [6, 6.07) is 11.8. The van der Waals surface area contributed by atoms with Gasteiger partial charge in [-0.25, -0.2) is 0 Å². The lowest BCUT2D eigenvalue weighted by Gasteiger charge is -2.12. The predicted molar refractivity (Wildman–Crippen MR) is 86.6 cm³/mol. The van der Waals surface area contributed by atoms with Gasteiger partial charge in [-0.1, -0.05) is 22.0 Å². The molecule has 0 aliphatic rings. The number of nitriles is 1. The smallest absolute Gasteiger partial charge is 0.146 e. The molecule has 0 aliphatic carbocycles. The molecule has 0 unspecified atom stereocenters. The highest BCUT2D eigenvalue weighted by molar-refractivity contribution is 9.10. The van der Waals surface area contributed by atoms with Gasteiger partial charge in [0.25, 0.3) is 0 Å². The highest BCUT2D eigenvalue weighted by Gasteiger charge is 2.10. The highest BCUT2D eigenvalue weighted by atomic mass is 79.9. The third-order valence-corrected chi connectivity index (χ3v) is 4.99. The van der Waals surface area contributed by atoms with E-state index in [2.05, 4.69) is 22.0 Å². The molecule has 0 radical (unpaired) electrons. The van der Waals surface area contributed by atoms with E-state index in [1.807, 2.05) is 50.4 Å². The molecule has 0 N–H and O–H groups in total. The Bertz CT molecular complexity index is 668. The van der Waals surface area contributed by atoms with Crippen LogP contribution >= 0.6 is 27.7 Å². The first-order chi connectivity index (χ1) is 9.56. The average Bonchev–Trinajstić information content (AvgIpc) is 2.44. The summed E-state index contributed by atoms with van der Waals surface area (Å²) in [6.45, 7) is 4.04. The number of rotatable bonds is 3. The van der Waals surface area contributed by atoms with Crippen molar-refractivity contribution in [2.45, 2.75) is 18.7 Å². The van der Waals surface area contributed by atoms with Gasteiger partial charge >= 0.3 is 0 Å². The summed E-state index contributed by atoms with van der Waals surface area (Å²) in [5, 5.41) is 9.31. The number of hydrogen-bond acceptors (Lipinski definition) is 3. The predicted octanol–water partition coefficient (Wildman–Crippen LogP) is 5.45. The third-order valence-electron chi connectivity index (χ3n) is 2.96. The molecule has 0 fully saturated rings. The Morgan fingerprint density at radius 3 is 2.40 bits per heavy atom. The molecule has 0 spiro atoms. The van der Waals surface area contributed by atoms with Crippen LogP contribution in [0.1, 0.15) is 16.7 Å². The number of nitrogens with zero attached hydrogens (tertiary/aromatic N) is 1. The fraction of sp³-hybridized carbons (Fsp3) is 0.188. The van der Waals surface area contributed by atoms with E-state index in [-0.39, 0.29) is 0 Å². The van der Waals surface area contributed by atoms with Crippen molar-refractivity contribution in [1.82, 2.24) is 0 Å². The minimum atomic E-state index is 0.582. The lowest BCUT2D eigenvalue weighted by molar-refractivity contribution is 0.478. The van der Waals surface area contributed by atoms with Crippen molar-refractivity contribution in [3.63, 3.8) is 0 Å². The maximum absolute atomic E-state index is 9.31. The Balaban J connectivity index is 2.43. The van der Waals surface area contributed by atoms with Crippen LogP contribution in [-0.2, 0) is 0 Å². The molecule has 0 saturated carbocycles. The monoisotopic (exact) mass is 347 g/mol. The van der Waals surface area contributed by atoms with Crippen molar-refractivity contribution in [3.05, 3.63) is 51.5 Å². The summed E-state index contributed by atoms with van der Waals surface area (Å²) in [4.78, 5) is 0.926. The summed E-state index contributed by atoms with van der Waals surface area (Å²) in [5.74, 6) is 1.35. The second-order valence-corrected chi connectivity index (χ2v) is 6.06. The Kier molecular flexibility index (Phi) is 4.74. The van der Waals surface area contributed by atoms with Crippen molar-refractivity contribution < 1.29 is 4.74 Å². The molecule has 0 aromatic heterocycles. The van der Waals surface area contributed by atoms with E-state index in [9.17, 15) is 5.26 Å². The lowest BCUT2D eigenvalue weighted by atomic mass is 10.1. The fourth-order valence-corrected chi connectivity index (χ4v) is 2.76. The molecule has 0 saturated heterocycles. The molecule has 0 aliphatic heterocycles. The van der Waals surface area contributed by atoms with Crippen LogP contribution in [0, 0.1) is 25.2 Å². The highest BCUT2D eigenvalue weighted by Crippen LogP contribution is 2.33. The minimum absolute atomic E-state index is 0.582. The van der Waals surface area contributed by atoms with Crippen LogP contribution in [-0.4, -0.2) is 6.26 Å². The molecule has 2 aromatic rings. The Morgan fingerprint density at radius 1 is 1.20 bits per heavy atom. The summed E-state index contributed by atoms with van der Waals surface area (Å²) in [7, 11) is 0. The standard InChI is InChI=1S/C16H14BrNOS/c1-10-7-12(8-11(2)16(10)17)19-14-5-4-6-15(20-3)13(14)9-18/h4-8H,1-3H3. The van der Waals surface area contributed by atoms with Crippen LogP contribution in [0.25, 0.3) is 0 Å².